The van der Waals surface area contributed by atoms with Crippen molar-refractivity contribution in [2.45, 2.75) is 18.9 Å². The van der Waals surface area contributed by atoms with Crippen molar-refractivity contribution in [3.8, 4) is 0 Å². The smallest absolute Gasteiger partial charge is 0.350 e. The fraction of sp³-hybridized carbons (Fsp3) is 0.571. The van der Waals surface area contributed by atoms with Crippen LogP contribution in [0, 0.1) is 0 Å². The number of hydrogen-bond acceptors (Lipinski definition) is 6. The summed E-state index contributed by atoms with van der Waals surface area (Å²) in [6.45, 7) is 2.14. The molecule has 0 saturated carbocycles. The van der Waals surface area contributed by atoms with Crippen molar-refractivity contribution in [3.05, 3.63) is 16.3 Å². The van der Waals surface area contributed by atoms with Crippen molar-refractivity contribution in [1.29, 1.82) is 0 Å². The fourth-order valence-electron chi connectivity index (χ4n) is 2.49. The minimum atomic E-state index is -0.423. The molecule has 2 N–H and O–H groups in total. The summed E-state index contributed by atoms with van der Waals surface area (Å²) in [6.07, 6.45) is 2.23. The number of halogens is 1. The summed E-state index contributed by atoms with van der Waals surface area (Å²) in [7, 11) is 3.28. The maximum absolute atomic E-state index is 12.1. The number of rotatable bonds is 5. The van der Waals surface area contributed by atoms with Crippen molar-refractivity contribution < 1.29 is 14.3 Å². The number of nitrogens with one attached hydrogen (secondary N) is 2. The number of anilines is 1. The summed E-state index contributed by atoms with van der Waals surface area (Å²) in [6, 6.07) is 2.17. The Kier molecular flexibility index (Phi) is 7.81. The molecule has 2 heterocycles. The zero-order chi connectivity index (χ0) is 15.2. The molecule has 2 rings (SSSR count). The highest BCUT2D eigenvalue weighted by Crippen LogP contribution is 2.23. The van der Waals surface area contributed by atoms with Gasteiger partial charge in [0.25, 0.3) is 0 Å². The van der Waals surface area contributed by atoms with E-state index in [0.29, 0.717) is 23.2 Å². The van der Waals surface area contributed by atoms with Crippen LogP contribution in [0.2, 0.25) is 0 Å². The van der Waals surface area contributed by atoms with Gasteiger partial charge in [0.2, 0.25) is 5.91 Å². The minimum absolute atomic E-state index is 0. The Hall–Kier alpha value is -1.15. The second-order valence-corrected chi connectivity index (χ2v) is 5.98. The Bertz CT molecular complexity index is 509. The quantitative estimate of drug-likeness (QED) is 0.791. The van der Waals surface area contributed by atoms with Crippen LogP contribution in [0.1, 0.15) is 22.5 Å². The van der Waals surface area contributed by atoms with Gasteiger partial charge in [-0.15, -0.1) is 23.7 Å². The van der Waals surface area contributed by atoms with Gasteiger partial charge < -0.3 is 15.4 Å². The normalized spacial score (nSPS) is 18.4. The molecule has 0 radical (unpaired) electrons. The Balaban J connectivity index is 0.00000242. The minimum Gasteiger partial charge on any atom is -0.465 e. The van der Waals surface area contributed by atoms with Gasteiger partial charge >= 0.3 is 5.97 Å². The van der Waals surface area contributed by atoms with Crippen LogP contribution in [0.25, 0.3) is 0 Å². The average Bonchev–Trinajstić information content (AvgIpc) is 2.94. The topological polar surface area (TPSA) is 70.7 Å². The molecule has 1 aromatic rings. The van der Waals surface area contributed by atoms with E-state index in [0.717, 1.165) is 25.9 Å². The zero-order valence-electron chi connectivity index (χ0n) is 12.8. The Morgan fingerprint density at radius 2 is 2.27 bits per heavy atom. The molecule has 1 aliphatic rings. The highest BCUT2D eigenvalue weighted by atomic mass is 35.5. The molecule has 0 bridgehead atoms. The van der Waals surface area contributed by atoms with Crippen LogP contribution in [-0.4, -0.2) is 56.6 Å². The lowest BCUT2D eigenvalue weighted by Gasteiger charge is -2.31. The molecule has 1 aromatic heterocycles. The highest BCUT2D eigenvalue weighted by Gasteiger charge is 2.21. The van der Waals surface area contributed by atoms with Gasteiger partial charge in [0.05, 0.1) is 19.3 Å². The molecule has 1 fully saturated rings. The largest absolute Gasteiger partial charge is 0.465 e. The second kappa shape index (κ2) is 9.09. The van der Waals surface area contributed by atoms with E-state index < -0.39 is 5.97 Å². The number of methoxy groups -OCH3 is 1. The third kappa shape index (κ3) is 4.95. The van der Waals surface area contributed by atoms with E-state index in [9.17, 15) is 9.59 Å². The number of carbonyl (C=O) groups is 2. The van der Waals surface area contributed by atoms with E-state index >= 15 is 0 Å². The number of hydrogen-bond donors (Lipinski definition) is 2. The Morgan fingerprint density at radius 3 is 2.95 bits per heavy atom. The van der Waals surface area contributed by atoms with E-state index in [4.69, 9.17) is 4.74 Å². The molecule has 0 aromatic carbocycles. The molecule has 1 atom stereocenters. The first-order valence-corrected chi connectivity index (χ1v) is 7.87. The monoisotopic (exact) mass is 347 g/mol. The first-order chi connectivity index (χ1) is 10.1. The van der Waals surface area contributed by atoms with Crippen LogP contribution in [0.4, 0.5) is 5.69 Å². The van der Waals surface area contributed by atoms with Crippen molar-refractivity contribution in [1.82, 2.24) is 10.2 Å². The highest BCUT2D eigenvalue weighted by molar-refractivity contribution is 7.12. The molecule has 0 aliphatic carbocycles. The summed E-state index contributed by atoms with van der Waals surface area (Å²) in [4.78, 5) is 26.2. The Labute approximate surface area is 140 Å². The SMILES string of the molecule is CNC1CCCN(CC(=O)Nc2ccsc2C(=O)OC)C1.Cl. The van der Waals surface area contributed by atoms with E-state index in [1.807, 2.05) is 7.05 Å². The van der Waals surface area contributed by atoms with Gasteiger partial charge in [-0.05, 0) is 37.9 Å². The molecule has 6 nitrogen and oxygen atoms in total. The van der Waals surface area contributed by atoms with Crippen LogP contribution in [0.15, 0.2) is 11.4 Å². The summed E-state index contributed by atoms with van der Waals surface area (Å²) in [5.41, 5.74) is 0.527. The number of amides is 1. The number of esters is 1. The van der Waals surface area contributed by atoms with Gasteiger partial charge in [-0.25, -0.2) is 4.79 Å². The summed E-state index contributed by atoms with van der Waals surface area (Å²) in [5, 5.41) is 7.81. The third-order valence-electron chi connectivity index (χ3n) is 3.59. The fourth-order valence-corrected chi connectivity index (χ4v) is 3.25. The number of likely N-dealkylation sites (N-methyl/N-ethyl adjacent to an activating group) is 1. The Morgan fingerprint density at radius 1 is 1.50 bits per heavy atom. The predicted octanol–water partition coefficient (Wildman–Crippen LogP) is 1.58. The molecule has 124 valence electrons. The van der Waals surface area contributed by atoms with Gasteiger partial charge in [-0.3, -0.25) is 9.69 Å². The van der Waals surface area contributed by atoms with Crippen molar-refractivity contribution >= 4 is 41.3 Å². The summed E-state index contributed by atoms with van der Waals surface area (Å²) < 4.78 is 4.70. The lowest BCUT2D eigenvalue weighted by Crippen LogP contribution is -2.46. The van der Waals surface area contributed by atoms with E-state index in [1.165, 1.54) is 18.4 Å². The molecule has 1 amide bonds. The molecule has 22 heavy (non-hydrogen) atoms. The maximum atomic E-state index is 12.1. The number of piperidine rings is 1. The van der Waals surface area contributed by atoms with Gasteiger partial charge in [0, 0.05) is 12.6 Å². The van der Waals surface area contributed by atoms with Crippen LogP contribution in [-0.2, 0) is 9.53 Å². The number of carbonyl (C=O) groups excluding carboxylic acids is 2. The van der Waals surface area contributed by atoms with Gasteiger partial charge in [0.1, 0.15) is 4.88 Å². The zero-order valence-corrected chi connectivity index (χ0v) is 14.4. The van der Waals surface area contributed by atoms with Gasteiger partial charge in [-0.2, -0.15) is 0 Å². The van der Waals surface area contributed by atoms with Crippen molar-refractivity contribution in [3.63, 3.8) is 0 Å². The standard InChI is InChI=1S/C14H21N3O3S.ClH/c1-15-10-4-3-6-17(8-10)9-12(18)16-11-5-7-21-13(11)14(19)20-2;/h5,7,10,15H,3-4,6,8-9H2,1-2H3,(H,16,18);1H. The molecule has 0 spiro atoms. The van der Waals surface area contributed by atoms with Crippen LogP contribution >= 0.6 is 23.7 Å². The predicted molar refractivity (Wildman–Crippen MR) is 90.1 cm³/mol. The molecule has 1 unspecified atom stereocenters. The van der Waals surface area contributed by atoms with Crippen LogP contribution < -0.4 is 10.6 Å². The maximum Gasteiger partial charge on any atom is 0.350 e. The molecular weight excluding hydrogens is 326 g/mol. The van der Waals surface area contributed by atoms with Gasteiger partial charge in [-0.1, -0.05) is 0 Å². The lowest BCUT2D eigenvalue weighted by molar-refractivity contribution is -0.117. The number of likely N-dealkylation sites (tertiary alicyclic amines) is 1. The van der Waals surface area contributed by atoms with Crippen LogP contribution in [0.5, 0.6) is 0 Å². The van der Waals surface area contributed by atoms with Crippen molar-refractivity contribution in [2.75, 3.05) is 39.1 Å². The van der Waals surface area contributed by atoms with E-state index in [1.54, 1.807) is 11.4 Å². The summed E-state index contributed by atoms with van der Waals surface area (Å²) in [5.74, 6) is -0.524. The molecule has 1 saturated heterocycles. The number of thiophene rings is 1. The second-order valence-electron chi connectivity index (χ2n) is 5.07. The van der Waals surface area contributed by atoms with E-state index in [-0.39, 0.29) is 18.3 Å². The number of ether oxygens (including phenoxy) is 1. The van der Waals surface area contributed by atoms with Crippen molar-refractivity contribution in [2.24, 2.45) is 0 Å². The van der Waals surface area contributed by atoms with E-state index in [2.05, 4.69) is 15.5 Å². The molecule has 1 aliphatic heterocycles. The van der Waals surface area contributed by atoms with Crippen LogP contribution in [0.3, 0.4) is 0 Å². The first-order valence-electron chi connectivity index (χ1n) is 6.99. The number of nitrogens with zero attached hydrogens (tertiary/aromatic N) is 1. The third-order valence-corrected chi connectivity index (χ3v) is 4.49. The van der Waals surface area contributed by atoms with Gasteiger partial charge in [0.15, 0.2) is 0 Å². The first kappa shape index (κ1) is 18.9. The summed E-state index contributed by atoms with van der Waals surface area (Å²) >= 11 is 1.26. The lowest BCUT2D eigenvalue weighted by atomic mass is 10.1. The molecular formula is C14H22ClN3O3S. The average molecular weight is 348 g/mol. The molecule has 8 heteroatoms.